The summed E-state index contributed by atoms with van der Waals surface area (Å²) < 4.78 is 23.7. The van der Waals surface area contributed by atoms with Gasteiger partial charge in [-0.15, -0.1) is 0 Å². The van der Waals surface area contributed by atoms with Gasteiger partial charge in [-0.3, -0.25) is 14.3 Å². The number of aromatic nitrogens is 2. The predicted molar refractivity (Wildman–Crippen MR) is 120 cm³/mol. The third-order valence-corrected chi connectivity index (χ3v) is 4.98. The molecule has 2 N–H and O–H groups in total. The molecule has 0 saturated carbocycles. The third kappa shape index (κ3) is 4.45. The van der Waals surface area contributed by atoms with Gasteiger partial charge in [0.2, 0.25) is 0 Å². The molecule has 4 rings (SSSR count). The summed E-state index contributed by atoms with van der Waals surface area (Å²) in [5.74, 6) is 1.27. The molecule has 0 saturated heterocycles. The Hall–Kier alpha value is -3.61. The monoisotopic (exact) mass is 421 g/mol. The average Bonchev–Trinajstić information content (AvgIpc) is 3.18. The zero-order chi connectivity index (χ0) is 21.6. The van der Waals surface area contributed by atoms with Gasteiger partial charge in [0.1, 0.15) is 11.5 Å². The number of anilines is 1. The van der Waals surface area contributed by atoms with Crippen molar-refractivity contribution in [2.24, 2.45) is 0 Å². The highest BCUT2D eigenvalue weighted by Gasteiger charge is 2.19. The van der Waals surface area contributed by atoms with E-state index in [2.05, 4.69) is 15.5 Å². The zero-order valence-electron chi connectivity index (χ0n) is 17.3. The lowest BCUT2D eigenvalue weighted by Crippen LogP contribution is -2.15. The topological polar surface area (TPSA) is 76.2 Å². The van der Waals surface area contributed by atoms with Gasteiger partial charge in [-0.1, -0.05) is 30.3 Å². The summed E-state index contributed by atoms with van der Waals surface area (Å²) in [7, 11) is 0. The Kier molecular flexibility index (Phi) is 6.31. The van der Waals surface area contributed by atoms with Crippen molar-refractivity contribution in [3.8, 4) is 11.5 Å². The Morgan fingerprint density at radius 2 is 1.94 bits per heavy atom. The Morgan fingerprint density at radius 1 is 1.06 bits per heavy atom. The summed E-state index contributed by atoms with van der Waals surface area (Å²) >= 11 is 0. The number of carbonyl (C=O) groups is 1. The van der Waals surface area contributed by atoms with Crippen LogP contribution < -0.4 is 14.8 Å². The molecule has 4 aromatic rings. The number of rotatable bonds is 9. The van der Waals surface area contributed by atoms with Gasteiger partial charge < -0.3 is 14.8 Å². The molecule has 0 aliphatic heterocycles. The Morgan fingerprint density at radius 3 is 2.77 bits per heavy atom. The van der Waals surface area contributed by atoms with E-state index in [1.54, 1.807) is 0 Å². The van der Waals surface area contributed by atoms with Crippen molar-refractivity contribution in [3.05, 3.63) is 60.2 Å². The van der Waals surface area contributed by atoms with E-state index in [-0.39, 0.29) is 12.6 Å². The third-order valence-electron chi connectivity index (χ3n) is 4.98. The van der Waals surface area contributed by atoms with Crippen LogP contribution in [0.25, 0.3) is 21.7 Å². The maximum atomic E-state index is 13.3. The molecule has 1 aromatic heterocycles. The molecule has 1 heterocycles. The first-order chi connectivity index (χ1) is 15.2. The Labute approximate surface area is 179 Å². The van der Waals surface area contributed by atoms with Crippen LogP contribution in [0.4, 0.5) is 10.2 Å². The first-order valence-corrected chi connectivity index (χ1v) is 10.3. The minimum atomic E-state index is -0.349. The number of amides is 1. The molecule has 7 heteroatoms. The molecule has 1 amide bonds. The van der Waals surface area contributed by atoms with E-state index >= 15 is 0 Å². The summed E-state index contributed by atoms with van der Waals surface area (Å²) in [5, 5.41) is 12.6. The normalized spacial score (nSPS) is 11.0. The van der Waals surface area contributed by atoms with Crippen LogP contribution in [0.2, 0.25) is 0 Å². The van der Waals surface area contributed by atoms with E-state index in [4.69, 9.17) is 9.47 Å². The van der Waals surface area contributed by atoms with E-state index in [9.17, 15) is 9.18 Å². The predicted octanol–water partition coefficient (Wildman–Crippen LogP) is 5.50. The van der Waals surface area contributed by atoms with Crippen LogP contribution >= 0.6 is 0 Å². The number of fused-ring (bicyclic) bond motifs is 2. The number of hydrogen-bond donors (Lipinski definition) is 2. The summed E-state index contributed by atoms with van der Waals surface area (Å²) in [6.45, 7) is 2.42. The fraction of sp³-hybridized carbons (Fsp3) is 0.250. The average molecular weight is 421 g/mol. The molecule has 31 heavy (non-hydrogen) atoms. The number of unbranched alkanes of at least 4 members (excludes halogenated alkanes) is 1. The van der Waals surface area contributed by atoms with Gasteiger partial charge in [-0.05, 0) is 54.8 Å². The van der Waals surface area contributed by atoms with Crippen molar-refractivity contribution in [1.29, 1.82) is 0 Å². The number of hydrogen-bond acceptors (Lipinski definition) is 4. The minimum absolute atomic E-state index is 0.303. The van der Waals surface area contributed by atoms with Crippen molar-refractivity contribution < 1.29 is 18.7 Å². The number of H-pyrrole nitrogens is 1. The lowest BCUT2D eigenvalue weighted by atomic mass is 10.0. The van der Waals surface area contributed by atoms with Gasteiger partial charge in [-0.2, -0.15) is 5.10 Å². The molecule has 160 valence electrons. The second-order valence-electron chi connectivity index (χ2n) is 7.07. The standard InChI is InChI=1S/C24H24FN3O3/c1-2-30-21-12-9-16-7-3-4-8-18(16)22(21)24(29)26-23-19-15-17(31-14-6-5-13-25)10-11-20(19)27-28-23/h3-4,7-12,15H,2,5-6,13-14H2,1H3,(H2,26,27,28,29). The number of aromatic amines is 1. The second kappa shape index (κ2) is 9.47. The van der Waals surface area contributed by atoms with Gasteiger partial charge >= 0.3 is 0 Å². The maximum Gasteiger partial charge on any atom is 0.261 e. The highest BCUT2D eigenvalue weighted by Crippen LogP contribution is 2.31. The van der Waals surface area contributed by atoms with Gasteiger partial charge in [0.25, 0.3) is 5.91 Å². The van der Waals surface area contributed by atoms with Crippen LogP contribution in [0.3, 0.4) is 0 Å². The van der Waals surface area contributed by atoms with E-state index in [1.165, 1.54) is 0 Å². The molecule has 0 bridgehead atoms. The van der Waals surface area contributed by atoms with Crippen molar-refractivity contribution >= 4 is 33.4 Å². The van der Waals surface area contributed by atoms with Crippen molar-refractivity contribution in [2.75, 3.05) is 25.2 Å². The van der Waals surface area contributed by atoms with Gasteiger partial charge in [0.15, 0.2) is 5.82 Å². The highest BCUT2D eigenvalue weighted by atomic mass is 19.1. The highest BCUT2D eigenvalue weighted by molar-refractivity contribution is 6.16. The molecule has 3 aromatic carbocycles. The van der Waals surface area contributed by atoms with Gasteiger partial charge in [-0.25, -0.2) is 0 Å². The molecule has 0 unspecified atom stereocenters. The van der Waals surface area contributed by atoms with E-state index in [1.807, 2.05) is 61.5 Å². The number of nitrogens with one attached hydrogen (secondary N) is 2. The number of nitrogens with zero attached hydrogens (tertiary/aromatic N) is 1. The number of benzene rings is 3. The number of halogens is 1. The van der Waals surface area contributed by atoms with Crippen LogP contribution in [0.15, 0.2) is 54.6 Å². The van der Waals surface area contributed by atoms with Crippen LogP contribution in [-0.2, 0) is 0 Å². The smallest absolute Gasteiger partial charge is 0.261 e. The Bertz CT molecular complexity index is 1210. The second-order valence-corrected chi connectivity index (χ2v) is 7.07. The molecule has 0 fully saturated rings. The van der Waals surface area contributed by atoms with Crippen molar-refractivity contribution in [3.63, 3.8) is 0 Å². The van der Waals surface area contributed by atoms with Crippen LogP contribution in [-0.4, -0.2) is 36.0 Å². The lowest BCUT2D eigenvalue weighted by molar-refractivity contribution is 0.102. The fourth-order valence-corrected chi connectivity index (χ4v) is 3.50. The van der Waals surface area contributed by atoms with Crippen LogP contribution in [0.1, 0.15) is 30.1 Å². The van der Waals surface area contributed by atoms with Crippen LogP contribution in [0.5, 0.6) is 11.5 Å². The van der Waals surface area contributed by atoms with Crippen molar-refractivity contribution in [1.82, 2.24) is 10.2 Å². The molecule has 0 spiro atoms. The minimum Gasteiger partial charge on any atom is -0.494 e. The largest absolute Gasteiger partial charge is 0.494 e. The van der Waals surface area contributed by atoms with Gasteiger partial charge in [0.05, 0.1) is 31.0 Å². The summed E-state index contributed by atoms with van der Waals surface area (Å²) in [5.41, 5.74) is 1.24. The first-order valence-electron chi connectivity index (χ1n) is 10.3. The Balaban J connectivity index is 1.63. The summed E-state index contributed by atoms with van der Waals surface area (Å²) in [6, 6.07) is 16.9. The molecule has 0 radical (unpaired) electrons. The number of alkyl halides is 1. The number of ether oxygens (including phenoxy) is 2. The maximum absolute atomic E-state index is 13.3. The quantitative estimate of drug-likeness (QED) is 0.350. The SMILES string of the molecule is CCOc1ccc2ccccc2c1C(=O)Nc1n[nH]c2ccc(OCCCCF)cc12. The van der Waals surface area contributed by atoms with Crippen molar-refractivity contribution in [2.45, 2.75) is 19.8 Å². The first kappa shape index (κ1) is 20.7. The molecule has 0 aliphatic carbocycles. The van der Waals surface area contributed by atoms with Crippen LogP contribution in [0, 0.1) is 0 Å². The van der Waals surface area contributed by atoms with E-state index in [0.29, 0.717) is 48.9 Å². The lowest BCUT2D eigenvalue weighted by Gasteiger charge is -2.13. The summed E-state index contributed by atoms with van der Waals surface area (Å²) in [4.78, 5) is 13.3. The fourth-order valence-electron chi connectivity index (χ4n) is 3.50. The number of carbonyl (C=O) groups excluding carboxylic acids is 1. The molecule has 0 atom stereocenters. The molecular formula is C24H24FN3O3. The zero-order valence-corrected chi connectivity index (χ0v) is 17.3. The molecule has 0 aliphatic rings. The van der Waals surface area contributed by atoms with Gasteiger partial charge in [0, 0.05) is 5.39 Å². The summed E-state index contributed by atoms with van der Waals surface area (Å²) in [6.07, 6.45) is 1.12. The van der Waals surface area contributed by atoms with E-state index in [0.717, 1.165) is 21.7 Å². The molecular weight excluding hydrogens is 397 g/mol. The van der Waals surface area contributed by atoms with E-state index < -0.39 is 0 Å². The molecule has 6 nitrogen and oxygen atoms in total.